The summed E-state index contributed by atoms with van der Waals surface area (Å²) < 4.78 is 11.4. The number of anilines is 1. The molecule has 2 amide bonds. The summed E-state index contributed by atoms with van der Waals surface area (Å²) in [5.74, 6) is 0.866. The zero-order chi connectivity index (χ0) is 23.0. The molecule has 5 rings (SSSR count). The summed E-state index contributed by atoms with van der Waals surface area (Å²) in [6, 6.07) is 0. The van der Waals surface area contributed by atoms with Crippen LogP contribution in [0.1, 0.15) is 48.2 Å². The Kier molecular flexibility index (Phi) is 5.96. The number of hydrogen-bond acceptors (Lipinski definition) is 8. The van der Waals surface area contributed by atoms with Gasteiger partial charge in [0.15, 0.2) is 0 Å². The van der Waals surface area contributed by atoms with Gasteiger partial charge in [0.05, 0.1) is 24.2 Å². The van der Waals surface area contributed by atoms with Gasteiger partial charge in [-0.2, -0.15) is 0 Å². The molecule has 0 unspecified atom stereocenters. The molecule has 10 nitrogen and oxygen atoms in total. The van der Waals surface area contributed by atoms with E-state index in [4.69, 9.17) is 14.9 Å². The van der Waals surface area contributed by atoms with Gasteiger partial charge in [0, 0.05) is 26.2 Å². The van der Waals surface area contributed by atoms with Crippen molar-refractivity contribution in [3.8, 4) is 0 Å². The molecule has 0 aromatic carbocycles. The molecular weight excluding hydrogens is 424 g/mol. The van der Waals surface area contributed by atoms with Crippen LogP contribution in [0.3, 0.4) is 0 Å². The van der Waals surface area contributed by atoms with Gasteiger partial charge in [-0.3, -0.25) is 14.5 Å². The van der Waals surface area contributed by atoms with Gasteiger partial charge < -0.3 is 24.7 Å². The van der Waals surface area contributed by atoms with Crippen LogP contribution in [0.5, 0.6) is 0 Å². The molecule has 5 heterocycles. The number of amides is 2. The van der Waals surface area contributed by atoms with E-state index in [9.17, 15) is 9.59 Å². The van der Waals surface area contributed by atoms with Gasteiger partial charge >= 0.3 is 0 Å². The fraction of sp³-hybridized carbons (Fsp3) is 0.652. The first-order chi connectivity index (χ1) is 16.0. The van der Waals surface area contributed by atoms with Crippen molar-refractivity contribution in [2.75, 3.05) is 57.4 Å². The number of primary amides is 1. The normalized spacial score (nSPS) is 22.0. The van der Waals surface area contributed by atoms with Crippen LogP contribution in [0.4, 0.5) is 5.82 Å². The molecule has 0 aliphatic carbocycles. The molecule has 3 aliphatic heterocycles. The van der Waals surface area contributed by atoms with Gasteiger partial charge in [0.1, 0.15) is 23.4 Å². The quantitative estimate of drug-likeness (QED) is 0.732. The highest BCUT2D eigenvalue weighted by Gasteiger charge is 2.46. The number of carbonyl (C=O) groups excluding carboxylic acids is 2. The molecule has 178 valence electrons. The highest BCUT2D eigenvalue weighted by molar-refractivity contribution is 6.10. The van der Waals surface area contributed by atoms with Gasteiger partial charge in [0.2, 0.25) is 11.6 Å². The van der Waals surface area contributed by atoms with Gasteiger partial charge in [-0.15, -0.1) is 0 Å². The van der Waals surface area contributed by atoms with Gasteiger partial charge in [0.25, 0.3) is 5.91 Å². The highest BCUT2D eigenvalue weighted by atomic mass is 16.5. The summed E-state index contributed by atoms with van der Waals surface area (Å²) in [6.45, 7) is 7.16. The van der Waals surface area contributed by atoms with E-state index in [1.807, 2.05) is 4.90 Å². The maximum Gasteiger partial charge on any atom is 0.258 e. The number of hydrogen-bond donors (Lipinski definition) is 1. The third kappa shape index (κ3) is 3.85. The topological polar surface area (TPSA) is 118 Å². The Labute approximate surface area is 193 Å². The zero-order valence-electron chi connectivity index (χ0n) is 19.2. The molecule has 0 atom stereocenters. The standard InChI is InChI=1S/C23H32N6O4/c1-16-17(18-19(25-15-26-20(18)33-16)27-11-13-32-14-12-27)21(30)28-9-5-23(6-10-28,22(24)31)29-7-3-2-4-8-29/h15H,2-14H2,1H3,(H2,24,31). The molecule has 10 heteroatoms. The summed E-state index contributed by atoms with van der Waals surface area (Å²) in [6.07, 6.45) is 5.94. The minimum Gasteiger partial charge on any atom is -0.442 e. The maximum absolute atomic E-state index is 13.7. The first-order valence-electron chi connectivity index (χ1n) is 11.9. The monoisotopic (exact) mass is 456 g/mol. The number of nitrogens with two attached hydrogens (primary N) is 1. The molecule has 3 fully saturated rings. The van der Waals surface area contributed by atoms with E-state index in [0.717, 1.165) is 25.9 Å². The number of furan rings is 1. The van der Waals surface area contributed by atoms with Crippen molar-refractivity contribution in [2.24, 2.45) is 5.73 Å². The lowest BCUT2D eigenvalue weighted by atomic mass is 9.83. The van der Waals surface area contributed by atoms with E-state index in [0.29, 0.717) is 80.5 Å². The number of piperidine rings is 2. The Morgan fingerprint density at radius 3 is 2.36 bits per heavy atom. The van der Waals surface area contributed by atoms with E-state index in [1.54, 1.807) is 6.92 Å². The Bertz CT molecular complexity index is 1030. The predicted molar refractivity (Wildman–Crippen MR) is 122 cm³/mol. The number of ether oxygens (including phenoxy) is 1. The van der Waals surface area contributed by atoms with Crippen molar-refractivity contribution in [3.63, 3.8) is 0 Å². The van der Waals surface area contributed by atoms with Crippen LogP contribution in [0.2, 0.25) is 0 Å². The largest absolute Gasteiger partial charge is 0.442 e. The Morgan fingerprint density at radius 2 is 1.70 bits per heavy atom. The smallest absolute Gasteiger partial charge is 0.258 e. The lowest BCUT2D eigenvalue weighted by Crippen LogP contribution is -2.63. The lowest BCUT2D eigenvalue weighted by Gasteiger charge is -2.48. The summed E-state index contributed by atoms with van der Waals surface area (Å²) in [5.41, 5.74) is 6.19. The average Bonchev–Trinajstić information content (AvgIpc) is 3.20. The van der Waals surface area contributed by atoms with E-state index < -0.39 is 5.54 Å². The number of rotatable bonds is 4. The number of fused-ring (bicyclic) bond motifs is 1. The number of aromatic nitrogens is 2. The molecule has 3 saturated heterocycles. The van der Waals surface area contributed by atoms with Crippen LogP contribution in [0, 0.1) is 6.92 Å². The summed E-state index contributed by atoms with van der Waals surface area (Å²) in [5, 5.41) is 0.657. The molecular formula is C23H32N6O4. The van der Waals surface area contributed by atoms with Crippen LogP contribution in [0.15, 0.2) is 10.7 Å². The van der Waals surface area contributed by atoms with E-state index in [2.05, 4.69) is 19.8 Å². The Morgan fingerprint density at radius 1 is 1.00 bits per heavy atom. The molecule has 0 spiro atoms. The van der Waals surface area contributed by atoms with Crippen LogP contribution in [0.25, 0.3) is 11.1 Å². The Balaban J connectivity index is 1.42. The van der Waals surface area contributed by atoms with Crippen molar-refractivity contribution in [1.29, 1.82) is 0 Å². The SMILES string of the molecule is Cc1oc2ncnc(N3CCOCC3)c2c1C(=O)N1CCC(C(N)=O)(N2CCCCC2)CC1. The third-order valence-corrected chi connectivity index (χ3v) is 7.47. The second-order valence-electron chi connectivity index (χ2n) is 9.25. The zero-order valence-corrected chi connectivity index (χ0v) is 19.2. The van der Waals surface area contributed by atoms with Crippen LogP contribution >= 0.6 is 0 Å². The van der Waals surface area contributed by atoms with E-state index >= 15 is 0 Å². The van der Waals surface area contributed by atoms with Gasteiger partial charge in [-0.1, -0.05) is 6.42 Å². The molecule has 3 aliphatic rings. The molecule has 0 bridgehead atoms. The van der Waals surface area contributed by atoms with E-state index in [1.165, 1.54) is 12.7 Å². The fourth-order valence-electron chi connectivity index (χ4n) is 5.58. The third-order valence-electron chi connectivity index (χ3n) is 7.47. The van der Waals surface area contributed by atoms with Gasteiger partial charge in [-0.25, -0.2) is 9.97 Å². The molecule has 2 aromatic heterocycles. The first kappa shape index (κ1) is 22.1. The number of likely N-dealkylation sites (tertiary alicyclic amines) is 2. The van der Waals surface area contributed by atoms with Crippen molar-refractivity contribution < 1.29 is 18.7 Å². The molecule has 33 heavy (non-hydrogen) atoms. The summed E-state index contributed by atoms with van der Waals surface area (Å²) >= 11 is 0. The van der Waals surface area contributed by atoms with Crippen molar-refractivity contribution in [3.05, 3.63) is 17.7 Å². The first-order valence-corrected chi connectivity index (χ1v) is 11.9. The van der Waals surface area contributed by atoms with E-state index in [-0.39, 0.29) is 11.8 Å². The van der Waals surface area contributed by atoms with Gasteiger partial charge in [-0.05, 0) is 45.7 Å². The van der Waals surface area contributed by atoms with Crippen LogP contribution < -0.4 is 10.6 Å². The summed E-state index contributed by atoms with van der Waals surface area (Å²) in [7, 11) is 0. The van der Waals surface area contributed by atoms with Crippen molar-refractivity contribution in [1.82, 2.24) is 19.8 Å². The molecule has 0 saturated carbocycles. The van der Waals surface area contributed by atoms with Crippen LogP contribution in [-0.4, -0.2) is 89.6 Å². The lowest BCUT2D eigenvalue weighted by molar-refractivity contribution is -0.134. The number of nitrogens with zero attached hydrogens (tertiary/aromatic N) is 5. The molecule has 2 N–H and O–H groups in total. The fourth-order valence-corrected chi connectivity index (χ4v) is 5.58. The average molecular weight is 457 g/mol. The number of morpholine rings is 1. The van der Waals surface area contributed by atoms with Crippen molar-refractivity contribution in [2.45, 2.75) is 44.6 Å². The number of carbonyl (C=O) groups is 2. The predicted octanol–water partition coefficient (Wildman–Crippen LogP) is 1.31. The Hall–Kier alpha value is -2.72. The van der Waals surface area contributed by atoms with Crippen molar-refractivity contribution >= 4 is 28.7 Å². The second-order valence-corrected chi connectivity index (χ2v) is 9.25. The maximum atomic E-state index is 13.7. The minimum atomic E-state index is -0.660. The molecule has 0 radical (unpaired) electrons. The number of aryl methyl sites for hydroxylation is 1. The molecule has 2 aromatic rings. The second kappa shape index (κ2) is 8.90. The summed E-state index contributed by atoms with van der Waals surface area (Å²) in [4.78, 5) is 41.3. The minimum absolute atomic E-state index is 0.104. The van der Waals surface area contributed by atoms with Crippen LogP contribution in [-0.2, 0) is 9.53 Å². The highest BCUT2D eigenvalue weighted by Crippen LogP contribution is 2.35.